The maximum Gasteiger partial charge on any atom is 0.408 e. The van der Waals surface area contributed by atoms with Gasteiger partial charge in [-0.25, -0.2) is 9.59 Å². The van der Waals surface area contributed by atoms with Gasteiger partial charge in [-0.15, -0.1) is 0 Å². The molecule has 0 aromatic heterocycles. The third kappa shape index (κ3) is 7.34. The first-order valence-corrected chi connectivity index (χ1v) is 5.47. The Bertz CT molecular complexity index is 344. The average molecular weight is 258 g/mol. The number of ether oxygens (including phenoxy) is 2. The van der Waals surface area contributed by atoms with Crippen LogP contribution in [0.15, 0.2) is 5.11 Å². The molecule has 102 valence electrons. The Morgan fingerprint density at radius 3 is 2.50 bits per heavy atom. The Morgan fingerprint density at radius 1 is 1.44 bits per heavy atom. The lowest BCUT2D eigenvalue weighted by molar-refractivity contribution is -0.145. The van der Waals surface area contributed by atoms with Crippen molar-refractivity contribution in [2.75, 3.05) is 13.2 Å². The Hall–Kier alpha value is -1.95. The second-order valence-electron chi connectivity index (χ2n) is 4.36. The highest BCUT2D eigenvalue weighted by Crippen LogP contribution is 2.07. The zero-order chi connectivity index (χ0) is 14.2. The number of hydrogen-bond acceptors (Lipinski definition) is 5. The van der Waals surface area contributed by atoms with Crippen LogP contribution >= 0.6 is 0 Å². The van der Waals surface area contributed by atoms with Crippen LogP contribution in [0.2, 0.25) is 0 Å². The molecular weight excluding hydrogens is 240 g/mol. The largest absolute Gasteiger partial charge is 0.464 e. The van der Waals surface area contributed by atoms with Gasteiger partial charge >= 0.3 is 12.1 Å². The number of rotatable bonds is 5. The molecule has 0 aliphatic heterocycles. The molecule has 0 saturated heterocycles. The molecule has 0 aromatic rings. The van der Waals surface area contributed by atoms with Gasteiger partial charge in [-0.1, -0.05) is 5.11 Å². The van der Waals surface area contributed by atoms with Crippen LogP contribution in [0, 0.1) is 0 Å². The molecule has 1 unspecified atom stereocenters. The summed E-state index contributed by atoms with van der Waals surface area (Å²) in [6, 6.07) is -1.05. The molecule has 1 amide bonds. The van der Waals surface area contributed by atoms with E-state index in [0.29, 0.717) is 0 Å². The minimum Gasteiger partial charge on any atom is -0.464 e. The smallest absolute Gasteiger partial charge is 0.408 e. The monoisotopic (exact) mass is 258 g/mol. The van der Waals surface area contributed by atoms with Gasteiger partial charge in [0.1, 0.15) is 11.6 Å². The number of azide groups is 1. The molecule has 8 heteroatoms. The van der Waals surface area contributed by atoms with E-state index in [2.05, 4.69) is 15.3 Å². The van der Waals surface area contributed by atoms with Crippen LogP contribution in [0.25, 0.3) is 10.4 Å². The summed E-state index contributed by atoms with van der Waals surface area (Å²) < 4.78 is 9.72. The summed E-state index contributed by atoms with van der Waals surface area (Å²) in [5, 5.41) is 5.53. The third-order valence-electron chi connectivity index (χ3n) is 1.59. The highest BCUT2D eigenvalue weighted by atomic mass is 16.6. The number of nitrogens with zero attached hydrogens (tertiary/aromatic N) is 3. The number of alkyl carbamates (subject to hydrolysis) is 1. The van der Waals surface area contributed by atoms with Crippen molar-refractivity contribution in [1.82, 2.24) is 5.32 Å². The van der Waals surface area contributed by atoms with Crippen LogP contribution in [-0.4, -0.2) is 36.9 Å². The predicted octanol–water partition coefficient (Wildman–Crippen LogP) is 1.75. The second-order valence-corrected chi connectivity index (χ2v) is 4.36. The first-order chi connectivity index (χ1) is 8.30. The Kier molecular flexibility index (Phi) is 6.59. The average Bonchev–Trinajstić information content (AvgIpc) is 2.21. The quantitative estimate of drug-likeness (QED) is 0.350. The second kappa shape index (κ2) is 7.39. The SMILES string of the molecule is CCOC(=O)C(CN=[N+]=[N-])NC(=O)OC(C)(C)C. The van der Waals surface area contributed by atoms with Gasteiger partial charge < -0.3 is 14.8 Å². The molecule has 1 atom stereocenters. The van der Waals surface area contributed by atoms with E-state index in [-0.39, 0.29) is 13.2 Å². The fraction of sp³-hybridized carbons (Fsp3) is 0.800. The number of esters is 1. The van der Waals surface area contributed by atoms with Crippen molar-refractivity contribution in [1.29, 1.82) is 0 Å². The number of amides is 1. The maximum absolute atomic E-state index is 11.5. The molecule has 0 rings (SSSR count). The van der Waals surface area contributed by atoms with Crippen LogP contribution in [0.1, 0.15) is 27.7 Å². The topological polar surface area (TPSA) is 113 Å². The van der Waals surface area contributed by atoms with E-state index in [1.807, 2.05) is 0 Å². The zero-order valence-electron chi connectivity index (χ0n) is 11.0. The maximum atomic E-state index is 11.5. The van der Waals surface area contributed by atoms with Gasteiger partial charge in [0, 0.05) is 4.91 Å². The normalized spacial score (nSPS) is 12.0. The van der Waals surface area contributed by atoms with E-state index in [9.17, 15) is 9.59 Å². The molecule has 0 aliphatic rings. The van der Waals surface area contributed by atoms with Crippen molar-refractivity contribution in [3.63, 3.8) is 0 Å². The van der Waals surface area contributed by atoms with E-state index in [0.717, 1.165) is 0 Å². The predicted molar refractivity (Wildman–Crippen MR) is 63.8 cm³/mol. The molecular formula is C10H18N4O4. The summed E-state index contributed by atoms with van der Waals surface area (Å²) in [6.45, 7) is 6.66. The Labute approximate surface area is 105 Å². The first kappa shape index (κ1) is 16.1. The van der Waals surface area contributed by atoms with Gasteiger partial charge in [0.2, 0.25) is 0 Å². The van der Waals surface area contributed by atoms with Gasteiger partial charge in [0.05, 0.1) is 13.2 Å². The van der Waals surface area contributed by atoms with Crippen LogP contribution in [0.3, 0.4) is 0 Å². The van der Waals surface area contributed by atoms with E-state index in [1.165, 1.54) is 0 Å². The molecule has 0 fully saturated rings. The molecule has 18 heavy (non-hydrogen) atoms. The molecule has 0 aromatic carbocycles. The minimum absolute atomic E-state index is 0.168. The van der Waals surface area contributed by atoms with E-state index >= 15 is 0 Å². The summed E-state index contributed by atoms with van der Waals surface area (Å²) >= 11 is 0. The summed E-state index contributed by atoms with van der Waals surface area (Å²) in [6.07, 6.45) is -0.770. The Balaban J connectivity index is 4.53. The highest BCUT2D eigenvalue weighted by molar-refractivity contribution is 5.81. The summed E-state index contributed by atoms with van der Waals surface area (Å²) in [5.41, 5.74) is 7.53. The van der Waals surface area contributed by atoms with Gasteiger partial charge in [0.15, 0.2) is 0 Å². The minimum atomic E-state index is -1.05. The van der Waals surface area contributed by atoms with Crippen molar-refractivity contribution in [3.05, 3.63) is 10.4 Å². The van der Waals surface area contributed by atoms with Crippen LogP contribution < -0.4 is 5.32 Å². The number of hydrogen-bond donors (Lipinski definition) is 1. The standard InChI is InChI=1S/C10H18N4O4/c1-5-17-8(15)7(6-12-14-11)13-9(16)18-10(2,3)4/h7H,5-6H2,1-4H3,(H,13,16). The van der Waals surface area contributed by atoms with Crippen molar-refractivity contribution >= 4 is 12.1 Å². The Morgan fingerprint density at radius 2 is 2.06 bits per heavy atom. The number of carbonyl (C=O) groups is 2. The molecule has 0 spiro atoms. The van der Waals surface area contributed by atoms with E-state index in [4.69, 9.17) is 15.0 Å². The molecule has 0 bridgehead atoms. The lowest BCUT2D eigenvalue weighted by Gasteiger charge is -2.22. The molecule has 0 aliphatic carbocycles. The van der Waals surface area contributed by atoms with Crippen LogP contribution in [0.5, 0.6) is 0 Å². The third-order valence-corrected chi connectivity index (χ3v) is 1.59. The van der Waals surface area contributed by atoms with Gasteiger partial charge in [0.25, 0.3) is 0 Å². The molecule has 1 N–H and O–H groups in total. The first-order valence-electron chi connectivity index (χ1n) is 5.47. The molecule has 8 nitrogen and oxygen atoms in total. The van der Waals surface area contributed by atoms with Crippen molar-refractivity contribution in [2.45, 2.75) is 39.3 Å². The number of nitrogens with one attached hydrogen (secondary N) is 1. The van der Waals surface area contributed by atoms with Crippen LogP contribution in [-0.2, 0) is 14.3 Å². The molecule has 0 saturated carbocycles. The summed E-state index contributed by atoms with van der Waals surface area (Å²) in [7, 11) is 0. The van der Waals surface area contributed by atoms with E-state index in [1.54, 1.807) is 27.7 Å². The molecule has 0 heterocycles. The summed E-state index contributed by atoms with van der Waals surface area (Å²) in [5.74, 6) is -0.671. The van der Waals surface area contributed by atoms with Crippen molar-refractivity contribution in [3.8, 4) is 0 Å². The number of carbonyl (C=O) groups excluding carboxylic acids is 2. The highest BCUT2D eigenvalue weighted by Gasteiger charge is 2.24. The van der Waals surface area contributed by atoms with Crippen molar-refractivity contribution in [2.24, 2.45) is 5.11 Å². The van der Waals surface area contributed by atoms with Gasteiger partial charge in [-0.2, -0.15) is 0 Å². The lowest BCUT2D eigenvalue weighted by Crippen LogP contribution is -2.45. The zero-order valence-corrected chi connectivity index (χ0v) is 11.0. The van der Waals surface area contributed by atoms with Crippen molar-refractivity contribution < 1.29 is 19.1 Å². The van der Waals surface area contributed by atoms with Gasteiger partial charge in [-0.05, 0) is 33.2 Å². The lowest BCUT2D eigenvalue weighted by atomic mass is 10.2. The molecule has 0 radical (unpaired) electrons. The fourth-order valence-corrected chi connectivity index (χ4v) is 0.990. The van der Waals surface area contributed by atoms with Gasteiger partial charge in [-0.3, -0.25) is 0 Å². The summed E-state index contributed by atoms with van der Waals surface area (Å²) in [4.78, 5) is 25.5. The fourth-order valence-electron chi connectivity index (χ4n) is 0.990. The van der Waals surface area contributed by atoms with E-state index < -0.39 is 23.7 Å². The van der Waals surface area contributed by atoms with Crippen LogP contribution in [0.4, 0.5) is 4.79 Å².